The van der Waals surface area contributed by atoms with Crippen LogP contribution in [0.3, 0.4) is 0 Å². The highest BCUT2D eigenvalue weighted by Crippen LogP contribution is 2.37. The fourth-order valence-electron chi connectivity index (χ4n) is 3.08. The van der Waals surface area contributed by atoms with Gasteiger partial charge in [0.2, 0.25) is 0 Å². The van der Waals surface area contributed by atoms with Crippen molar-refractivity contribution in [1.29, 1.82) is 0 Å². The Balaban J connectivity index is 2.22. The summed E-state index contributed by atoms with van der Waals surface area (Å²) in [5.74, 6) is -0.193. The fraction of sp³-hybridized carbons (Fsp3) is 0.556. The lowest BCUT2D eigenvalue weighted by molar-refractivity contribution is -0.139. The molecule has 7 nitrogen and oxygen atoms in total. The Morgan fingerprint density at radius 2 is 2.00 bits per heavy atom. The summed E-state index contributed by atoms with van der Waals surface area (Å²) in [6, 6.07) is 4.33. The van der Waals surface area contributed by atoms with E-state index >= 15 is 0 Å². The predicted molar refractivity (Wildman–Crippen MR) is 91.1 cm³/mol. The van der Waals surface area contributed by atoms with E-state index in [4.69, 9.17) is 14.2 Å². The van der Waals surface area contributed by atoms with E-state index in [1.165, 1.54) is 6.92 Å². The van der Waals surface area contributed by atoms with Gasteiger partial charge in [-0.3, -0.25) is 14.9 Å². The number of nitrogens with one attached hydrogen (secondary N) is 1. The maximum Gasteiger partial charge on any atom is 0.320 e. The van der Waals surface area contributed by atoms with Crippen LogP contribution in [0.15, 0.2) is 18.2 Å². The number of carboxylic acid groups (broad SMARTS) is 1. The number of benzene rings is 1. The molecule has 2 N–H and O–H groups in total. The van der Waals surface area contributed by atoms with E-state index in [1.807, 2.05) is 12.1 Å². The number of ketones is 1. The molecule has 0 spiro atoms. The van der Waals surface area contributed by atoms with Gasteiger partial charge < -0.3 is 19.3 Å². The lowest BCUT2D eigenvalue weighted by atomic mass is 9.90. The zero-order valence-corrected chi connectivity index (χ0v) is 14.8. The van der Waals surface area contributed by atoms with Gasteiger partial charge in [0.1, 0.15) is 11.8 Å². The molecule has 3 atom stereocenters. The number of hydrogen-bond donors (Lipinski definition) is 2. The van der Waals surface area contributed by atoms with Crippen molar-refractivity contribution in [2.24, 2.45) is 5.92 Å². The smallest absolute Gasteiger partial charge is 0.320 e. The number of methoxy groups -OCH3 is 2. The molecule has 1 saturated heterocycles. The molecule has 0 bridgehead atoms. The summed E-state index contributed by atoms with van der Waals surface area (Å²) >= 11 is 0. The molecule has 0 saturated carbocycles. The van der Waals surface area contributed by atoms with Gasteiger partial charge in [-0.05, 0) is 31.0 Å². The number of carbonyl (C=O) groups is 2. The third-order valence-corrected chi connectivity index (χ3v) is 4.39. The van der Waals surface area contributed by atoms with E-state index in [2.05, 4.69) is 5.32 Å². The maximum atomic E-state index is 11.9. The summed E-state index contributed by atoms with van der Waals surface area (Å²) in [4.78, 5) is 23.2. The normalized spacial score (nSPS) is 22.6. The molecule has 1 aliphatic heterocycles. The van der Waals surface area contributed by atoms with Crippen LogP contribution in [-0.4, -0.2) is 50.3 Å². The molecular formula is C18H25NO6. The van der Waals surface area contributed by atoms with Crippen molar-refractivity contribution < 1.29 is 28.9 Å². The highest BCUT2D eigenvalue weighted by atomic mass is 16.5. The highest BCUT2D eigenvalue weighted by molar-refractivity contribution is 5.82. The number of hydrogen-bond acceptors (Lipinski definition) is 6. The summed E-state index contributed by atoms with van der Waals surface area (Å²) in [6.45, 7) is 2.56. The first-order valence-corrected chi connectivity index (χ1v) is 8.27. The van der Waals surface area contributed by atoms with Crippen LogP contribution >= 0.6 is 0 Å². The Morgan fingerprint density at radius 3 is 2.60 bits per heavy atom. The van der Waals surface area contributed by atoms with Crippen molar-refractivity contribution >= 4 is 11.8 Å². The quantitative estimate of drug-likeness (QED) is 0.655. The summed E-state index contributed by atoms with van der Waals surface area (Å²) in [7, 11) is 3.19. The van der Waals surface area contributed by atoms with Gasteiger partial charge >= 0.3 is 5.97 Å². The molecule has 0 radical (unpaired) electrons. The first-order valence-electron chi connectivity index (χ1n) is 8.27. The lowest BCUT2D eigenvalue weighted by Crippen LogP contribution is -2.32. The molecule has 2 rings (SSSR count). The minimum atomic E-state index is -0.946. The number of aliphatic carboxylic acids is 1. The van der Waals surface area contributed by atoms with Crippen LogP contribution in [0.1, 0.15) is 31.4 Å². The average Bonchev–Trinajstić information content (AvgIpc) is 3.04. The van der Waals surface area contributed by atoms with Gasteiger partial charge in [-0.25, -0.2) is 0 Å². The molecule has 138 valence electrons. The van der Waals surface area contributed by atoms with Crippen LogP contribution in [0.4, 0.5) is 0 Å². The van der Waals surface area contributed by atoms with Gasteiger partial charge in [0.15, 0.2) is 11.5 Å². The van der Waals surface area contributed by atoms with Gasteiger partial charge in [0.05, 0.1) is 13.7 Å². The standard InChI is InChI=1S/C18H25NO6/c1-11(20)13-10-14(18(21)22)19-17(13)12-5-6-15(24-3)16(9-12)25-8-4-7-23-2/h5-6,9,13-14,17,19H,4,7-8,10H2,1-3H3,(H,21,22)/t13-,14?,17?/m0/s1. The van der Waals surface area contributed by atoms with Gasteiger partial charge in [-0.1, -0.05) is 6.07 Å². The number of ether oxygens (including phenoxy) is 3. The SMILES string of the molecule is COCCCOc1cc(C2NC(C(=O)O)C[C@H]2C(C)=O)ccc1OC. The third kappa shape index (κ3) is 4.70. The Kier molecular flexibility index (Phi) is 6.78. The van der Waals surface area contributed by atoms with Crippen molar-refractivity contribution in [3.63, 3.8) is 0 Å². The summed E-state index contributed by atoms with van der Waals surface area (Å²) in [5.41, 5.74) is 0.812. The molecule has 1 aromatic rings. The van der Waals surface area contributed by atoms with Crippen LogP contribution in [0.25, 0.3) is 0 Å². The number of carbonyl (C=O) groups excluding carboxylic acids is 1. The zero-order valence-electron chi connectivity index (χ0n) is 14.8. The van der Waals surface area contributed by atoms with Crippen molar-refractivity contribution in [3.05, 3.63) is 23.8 Å². The molecule has 1 aliphatic rings. The topological polar surface area (TPSA) is 94.1 Å². The van der Waals surface area contributed by atoms with E-state index in [9.17, 15) is 14.7 Å². The van der Waals surface area contributed by atoms with E-state index < -0.39 is 12.0 Å². The summed E-state index contributed by atoms with van der Waals surface area (Å²) in [6.07, 6.45) is 1.02. The molecule has 0 amide bonds. The highest BCUT2D eigenvalue weighted by Gasteiger charge is 2.40. The molecular weight excluding hydrogens is 326 g/mol. The predicted octanol–water partition coefficient (Wildman–Crippen LogP) is 1.80. The van der Waals surface area contributed by atoms with Crippen LogP contribution in [0.5, 0.6) is 11.5 Å². The minimum absolute atomic E-state index is 0.0281. The van der Waals surface area contributed by atoms with E-state index in [0.29, 0.717) is 24.7 Å². The van der Waals surface area contributed by atoms with Gasteiger partial charge in [0, 0.05) is 32.1 Å². The Bertz CT molecular complexity index is 618. The first-order chi connectivity index (χ1) is 12.0. The Hall–Kier alpha value is -2.12. The van der Waals surface area contributed by atoms with E-state index in [1.54, 1.807) is 20.3 Å². The van der Waals surface area contributed by atoms with Crippen LogP contribution in [-0.2, 0) is 14.3 Å². The first kappa shape index (κ1) is 19.2. The second-order valence-corrected chi connectivity index (χ2v) is 6.09. The van der Waals surface area contributed by atoms with Crippen LogP contribution < -0.4 is 14.8 Å². The van der Waals surface area contributed by atoms with E-state index in [-0.39, 0.29) is 24.2 Å². The molecule has 0 aliphatic carbocycles. The second-order valence-electron chi connectivity index (χ2n) is 6.09. The Labute approximate surface area is 147 Å². The van der Waals surface area contributed by atoms with E-state index in [0.717, 1.165) is 12.0 Å². The van der Waals surface area contributed by atoms with Gasteiger partial charge in [0.25, 0.3) is 0 Å². The molecule has 7 heteroatoms. The minimum Gasteiger partial charge on any atom is -0.493 e. The van der Waals surface area contributed by atoms with Gasteiger partial charge in [-0.2, -0.15) is 0 Å². The second kappa shape index (κ2) is 8.82. The zero-order chi connectivity index (χ0) is 18.4. The molecule has 0 aromatic heterocycles. The molecule has 1 heterocycles. The summed E-state index contributed by atoms with van der Waals surface area (Å²) < 4.78 is 16.1. The van der Waals surface area contributed by atoms with Crippen molar-refractivity contribution in [2.75, 3.05) is 27.4 Å². The molecule has 1 fully saturated rings. The van der Waals surface area contributed by atoms with Gasteiger partial charge in [-0.15, -0.1) is 0 Å². The maximum absolute atomic E-state index is 11.9. The summed E-state index contributed by atoms with van der Waals surface area (Å²) in [5, 5.41) is 12.3. The largest absolute Gasteiger partial charge is 0.493 e. The molecule has 1 aromatic carbocycles. The van der Waals surface area contributed by atoms with Crippen LogP contribution in [0.2, 0.25) is 0 Å². The fourth-order valence-corrected chi connectivity index (χ4v) is 3.08. The van der Waals surface area contributed by atoms with Crippen molar-refractivity contribution in [2.45, 2.75) is 31.8 Å². The average molecular weight is 351 g/mol. The monoisotopic (exact) mass is 351 g/mol. The van der Waals surface area contributed by atoms with Crippen LogP contribution in [0, 0.1) is 5.92 Å². The Morgan fingerprint density at radius 1 is 1.24 bits per heavy atom. The molecule has 2 unspecified atom stereocenters. The lowest BCUT2D eigenvalue weighted by Gasteiger charge is -2.20. The van der Waals surface area contributed by atoms with Crippen molar-refractivity contribution in [1.82, 2.24) is 5.32 Å². The molecule has 25 heavy (non-hydrogen) atoms. The third-order valence-electron chi connectivity index (χ3n) is 4.39. The number of rotatable bonds is 9. The van der Waals surface area contributed by atoms with Crippen molar-refractivity contribution in [3.8, 4) is 11.5 Å². The number of carboxylic acids is 1. The number of Topliss-reactive ketones (excluding diaryl/α,β-unsaturated/α-hetero) is 1.